The van der Waals surface area contributed by atoms with E-state index in [4.69, 9.17) is 18.7 Å². The van der Waals surface area contributed by atoms with Gasteiger partial charge in [-0.1, -0.05) is 12.1 Å². The van der Waals surface area contributed by atoms with Crippen LogP contribution in [-0.2, 0) is 14.9 Å². The molecular weight excluding hydrogens is 440 g/mol. The lowest BCUT2D eigenvalue weighted by Gasteiger charge is -2.27. The van der Waals surface area contributed by atoms with Crippen molar-refractivity contribution in [3.63, 3.8) is 0 Å². The Morgan fingerprint density at radius 1 is 1.26 bits per heavy atom. The highest BCUT2D eigenvalue weighted by Gasteiger charge is 2.71. The van der Waals surface area contributed by atoms with Crippen LogP contribution in [0.25, 0.3) is 0 Å². The van der Waals surface area contributed by atoms with E-state index in [2.05, 4.69) is 11.2 Å². The maximum atomic E-state index is 12.6. The van der Waals surface area contributed by atoms with Crippen molar-refractivity contribution in [1.29, 1.82) is 5.26 Å². The second kappa shape index (κ2) is 7.94. The van der Waals surface area contributed by atoms with Crippen LogP contribution in [0.3, 0.4) is 0 Å². The highest BCUT2D eigenvalue weighted by atomic mass is 16.6. The SMILES string of the molecule is CC(C)(C)OC(=O)N1C[C@H]2[C@@H](C#N)[C@@]2(c2ccc(N3C[C@H](COc4ccon4)OC3=O)cc2)C1. The lowest BCUT2D eigenvalue weighted by atomic mass is 9.92. The van der Waals surface area contributed by atoms with E-state index in [9.17, 15) is 14.9 Å². The van der Waals surface area contributed by atoms with E-state index in [1.807, 2.05) is 45.0 Å². The topological polar surface area (TPSA) is 118 Å². The quantitative estimate of drug-likeness (QED) is 0.658. The minimum atomic E-state index is -0.574. The minimum Gasteiger partial charge on any atom is -0.471 e. The number of cyclic esters (lactones) is 1. The summed E-state index contributed by atoms with van der Waals surface area (Å²) in [7, 11) is 0. The molecule has 2 saturated heterocycles. The number of nitriles is 1. The van der Waals surface area contributed by atoms with Crippen molar-refractivity contribution >= 4 is 17.9 Å². The fourth-order valence-electron chi connectivity index (χ4n) is 5.00. The molecule has 1 saturated carbocycles. The zero-order valence-corrected chi connectivity index (χ0v) is 19.3. The van der Waals surface area contributed by atoms with Gasteiger partial charge in [0.2, 0.25) is 0 Å². The summed E-state index contributed by atoms with van der Waals surface area (Å²) in [5.41, 5.74) is 0.707. The number of hydrogen-bond donors (Lipinski definition) is 0. The molecule has 3 heterocycles. The Morgan fingerprint density at radius 3 is 2.68 bits per heavy atom. The van der Waals surface area contributed by atoms with Crippen molar-refractivity contribution in [2.24, 2.45) is 11.8 Å². The van der Waals surface area contributed by atoms with Gasteiger partial charge in [0, 0.05) is 36.2 Å². The van der Waals surface area contributed by atoms with Gasteiger partial charge in [0.25, 0.3) is 5.88 Å². The van der Waals surface area contributed by atoms with Crippen LogP contribution in [0.5, 0.6) is 5.88 Å². The zero-order valence-electron chi connectivity index (χ0n) is 19.3. The third kappa shape index (κ3) is 3.81. The van der Waals surface area contributed by atoms with Gasteiger partial charge in [0.05, 0.1) is 18.5 Å². The summed E-state index contributed by atoms with van der Waals surface area (Å²) in [4.78, 5) is 28.2. The highest BCUT2D eigenvalue weighted by Crippen LogP contribution is 2.64. The number of benzene rings is 1. The number of anilines is 1. The maximum absolute atomic E-state index is 12.6. The molecule has 34 heavy (non-hydrogen) atoms. The molecule has 3 fully saturated rings. The second-order valence-corrected chi connectivity index (χ2v) is 9.93. The van der Waals surface area contributed by atoms with E-state index in [1.165, 1.54) is 6.26 Å². The number of aromatic nitrogens is 1. The van der Waals surface area contributed by atoms with Gasteiger partial charge in [0.15, 0.2) is 6.10 Å². The fraction of sp³-hybridized carbons (Fsp3) is 0.500. The fourth-order valence-corrected chi connectivity index (χ4v) is 5.00. The van der Waals surface area contributed by atoms with E-state index >= 15 is 0 Å². The number of hydrogen-bond acceptors (Lipinski definition) is 8. The molecular formula is C24H26N4O6. The van der Waals surface area contributed by atoms with E-state index < -0.39 is 23.2 Å². The van der Waals surface area contributed by atoms with Crippen molar-refractivity contribution in [3.05, 3.63) is 42.2 Å². The number of rotatable bonds is 5. The monoisotopic (exact) mass is 466 g/mol. The standard InChI is InChI=1S/C24H26N4O6/c1-23(2,3)34-21(29)27-12-19-18(10-25)24(19,14-27)15-4-6-16(7-5-15)28-11-17(33-22(28)30)13-31-20-8-9-32-26-20/h4-9,17-19H,11-14H2,1-3H3/t17-,18-,19+,24+/m1/s1. The molecule has 2 amide bonds. The van der Waals surface area contributed by atoms with E-state index in [0.717, 1.165) is 5.56 Å². The Bertz CT molecular complexity index is 1120. The first-order valence-electron chi connectivity index (χ1n) is 11.2. The van der Waals surface area contributed by atoms with Crippen LogP contribution < -0.4 is 9.64 Å². The number of amides is 2. The van der Waals surface area contributed by atoms with Gasteiger partial charge < -0.3 is 23.6 Å². The second-order valence-electron chi connectivity index (χ2n) is 9.93. The Balaban J connectivity index is 1.26. The van der Waals surface area contributed by atoms with Gasteiger partial charge in [0.1, 0.15) is 18.5 Å². The molecule has 0 radical (unpaired) electrons. The van der Waals surface area contributed by atoms with E-state index in [1.54, 1.807) is 15.9 Å². The average Bonchev–Trinajstić information content (AvgIpc) is 3.27. The maximum Gasteiger partial charge on any atom is 0.414 e. The number of carbonyl (C=O) groups is 2. The Labute approximate surface area is 196 Å². The molecule has 3 aliphatic rings. The lowest BCUT2D eigenvalue weighted by Crippen LogP contribution is -2.38. The Kier molecular flexibility index (Phi) is 5.15. The summed E-state index contributed by atoms with van der Waals surface area (Å²) in [6, 6.07) is 11.6. The number of ether oxygens (including phenoxy) is 3. The Hall–Kier alpha value is -3.74. The normalized spacial score (nSPS) is 27.7. The van der Waals surface area contributed by atoms with Gasteiger partial charge >= 0.3 is 12.2 Å². The predicted octanol–water partition coefficient (Wildman–Crippen LogP) is 3.34. The average molecular weight is 466 g/mol. The summed E-state index contributed by atoms with van der Waals surface area (Å²) in [5, 5.41) is 13.4. The largest absolute Gasteiger partial charge is 0.471 e. The van der Waals surface area contributed by atoms with E-state index in [0.29, 0.717) is 31.2 Å². The van der Waals surface area contributed by atoms with Crippen molar-refractivity contribution in [1.82, 2.24) is 10.1 Å². The first-order valence-corrected chi connectivity index (χ1v) is 11.2. The van der Waals surface area contributed by atoms with Gasteiger partial charge in [-0.05, 0) is 43.6 Å². The molecule has 0 N–H and O–H groups in total. The molecule has 2 aromatic rings. The van der Waals surface area contributed by atoms with Crippen LogP contribution in [0.1, 0.15) is 26.3 Å². The molecule has 0 spiro atoms. The third-order valence-electron chi connectivity index (χ3n) is 6.59. The number of piperidine rings is 1. The first kappa shape index (κ1) is 22.1. The molecule has 2 aliphatic heterocycles. The van der Waals surface area contributed by atoms with E-state index in [-0.39, 0.29) is 24.5 Å². The molecule has 178 valence electrons. The summed E-state index contributed by atoms with van der Waals surface area (Å²) in [6.07, 6.45) is 0.166. The molecule has 10 heteroatoms. The molecule has 0 unspecified atom stereocenters. The number of carbonyl (C=O) groups excluding carboxylic acids is 2. The first-order chi connectivity index (χ1) is 16.2. The van der Waals surface area contributed by atoms with Crippen LogP contribution in [0.4, 0.5) is 15.3 Å². The van der Waals surface area contributed by atoms with Gasteiger partial charge in [-0.2, -0.15) is 5.26 Å². The number of nitrogens with zero attached hydrogens (tertiary/aromatic N) is 4. The predicted molar refractivity (Wildman–Crippen MR) is 118 cm³/mol. The van der Waals surface area contributed by atoms with Gasteiger partial charge in [-0.25, -0.2) is 9.59 Å². The summed E-state index contributed by atoms with van der Waals surface area (Å²) >= 11 is 0. The lowest BCUT2D eigenvalue weighted by molar-refractivity contribution is 0.0265. The van der Waals surface area contributed by atoms with Crippen molar-refractivity contribution < 1.29 is 28.3 Å². The smallest absolute Gasteiger partial charge is 0.414 e. The summed E-state index contributed by atoms with van der Waals surface area (Å²) in [5.74, 6) is 0.263. The summed E-state index contributed by atoms with van der Waals surface area (Å²) < 4.78 is 21.1. The number of likely N-dealkylation sites (tertiary alicyclic amines) is 1. The van der Waals surface area contributed by atoms with Crippen LogP contribution in [-0.4, -0.2) is 60.2 Å². The van der Waals surface area contributed by atoms with Crippen LogP contribution >= 0.6 is 0 Å². The van der Waals surface area contributed by atoms with Crippen molar-refractivity contribution in [2.45, 2.75) is 37.9 Å². The molecule has 1 aromatic heterocycles. The molecule has 1 aliphatic carbocycles. The minimum absolute atomic E-state index is 0.0747. The molecule has 5 rings (SSSR count). The molecule has 0 bridgehead atoms. The highest BCUT2D eigenvalue weighted by molar-refractivity contribution is 5.89. The Morgan fingerprint density at radius 2 is 2.03 bits per heavy atom. The van der Waals surface area contributed by atoms with Gasteiger partial charge in [-0.3, -0.25) is 4.90 Å². The van der Waals surface area contributed by atoms with Gasteiger partial charge in [-0.15, -0.1) is 0 Å². The third-order valence-corrected chi connectivity index (χ3v) is 6.59. The van der Waals surface area contributed by atoms with Crippen molar-refractivity contribution in [3.8, 4) is 11.9 Å². The van der Waals surface area contributed by atoms with Crippen molar-refractivity contribution in [2.75, 3.05) is 31.1 Å². The molecule has 1 aromatic carbocycles. The van der Waals surface area contributed by atoms with Crippen LogP contribution in [0.2, 0.25) is 0 Å². The zero-order chi connectivity index (χ0) is 24.1. The summed E-state index contributed by atoms with van der Waals surface area (Å²) in [6.45, 7) is 6.96. The molecule has 4 atom stereocenters. The van der Waals surface area contributed by atoms with Crippen LogP contribution in [0, 0.1) is 23.2 Å². The number of fused-ring (bicyclic) bond motifs is 1. The van der Waals surface area contributed by atoms with Crippen LogP contribution in [0.15, 0.2) is 41.1 Å². The molecule has 10 nitrogen and oxygen atoms in total.